The van der Waals surface area contributed by atoms with Crippen molar-refractivity contribution in [2.24, 2.45) is 5.92 Å². The first-order valence-corrected chi connectivity index (χ1v) is 13.9. The molecule has 2 aromatic heterocycles. The molecule has 224 valence electrons. The fourth-order valence-electron chi connectivity index (χ4n) is 5.22. The smallest absolute Gasteiger partial charge is 0.422 e. The molecule has 42 heavy (non-hydrogen) atoms. The number of rotatable bonds is 12. The fraction of sp³-hybridized carbons (Fsp3) is 0.467. The van der Waals surface area contributed by atoms with Crippen LogP contribution < -0.4 is 18.9 Å². The van der Waals surface area contributed by atoms with Gasteiger partial charge < -0.3 is 24.1 Å². The van der Waals surface area contributed by atoms with Crippen molar-refractivity contribution in [3.63, 3.8) is 0 Å². The summed E-state index contributed by atoms with van der Waals surface area (Å²) in [6.45, 7) is -1.47. The number of carboxylic acids is 1. The van der Waals surface area contributed by atoms with E-state index < -0.39 is 18.8 Å². The highest BCUT2D eigenvalue weighted by Crippen LogP contribution is 2.45. The summed E-state index contributed by atoms with van der Waals surface area (Å²) in [5, 5.41) is 9.34. The molecule has 2 aliphatic rings. The first kappa shape index (κ1) is 29.4. The molecule has 1 N–H and O–H groups in total. The van der Waals surface area contributed by atoms with Gasteiger partial charge in [0.15, 0.2) is 6.61 Å². The molecule has 0 radical (unpaired) electrons. The molecule has 9 nitrogen and oxygen atoms in total. The molecule has 0 aliphatic heterocycles. The molecule has 0 bridgehead atoms. The van der Waals surface area contributed by atoms with Gasteiger partial charge >= 0.3 is 18.2 Å². The maximum atomic E-state index is 12.4. The molecule has 0 amide bonds. The molecule has 2 aliphatic carbocycles. The van der Waals surface area contributed by atoms with Crippen molar-refractivity contribution in [3.8, 4) is 34.5 Å². The number of aliphatic carboxylic acids is 1. The third kappa shape index (κ3) is 8.01. The van der Waals surface area contributed by atoms with Crippen molar-refractivity contribution in [3.05, 3.63) is 54.5 Å². The number of pyridine rings is 1. The van der Waals surface area contributed by atoms with Gasteiger partial charge in [-0.15, -0.1) is 0 Å². The molecule has 3 aromatic rings. The highest BCUT2D eigenvalue weighted by Gasteiger charge is 2.34. The van der Waals surface area contributed by atoms with E-state index in [0.717, 1.165) is 44.1 Å². The van der Waals surface area contributed by atoms with Crippen molar-refractivity contribution >= 4 is 5.97 Å². The van der Waals surface area contributed by atoms with Crippen molar-refractivity contribution in [1.29, 1.82) is 0 Å². The summed E-state index contributed by atoms with van der Waals surface area (Å²) < 4.78 is 59.9. The zero-order valence-electron chi connectivity index (χ0n) is 23.0. The second kappa shape index (κ2) is 12.8. The van der Waals surface area contributed by atoms with Gasteiger partial charge in [0, 0.05) is 41.9 Å². The van der Waals surface area contributed by atoms with E-state index >= 15 is 0 Å². The standard InChI is InChI=1S/C30H32F3N3O6/c1-39-23-8-9-24(20-15-35-29(36-16-20)40-17-30(31,32)33)26(13-23)41-21-4-6-22(7-5-21)42-27-12-19(10-11-34-27)25(14-28(37)38)18-2-3-18/h8-13,15-16,18,21-22,25H,2-7,14,17H2,1H3,(H,37,38). The predicted octanol–water partition coefficient (Wildman–Crippen LogP) is 6.23. The second-order valence-corrected chi connectivity index (χ2v) is 10.6. The average Bonchev–Trinajstić information content (AvgIpc) is 3.81. The van der Waals surface area contributed by atoms with Crippen LogP contribution in [0.1, 0.15) is 56.4 Å². The summed E-state index contributed by atoms with van der Waals surface area (Å²) >= 11 is 0. The minimum atomic E-state index is -4.48. The Morgan fingerprint density at radius 3 is 2.29 bits per heavy atom. The summed E-state index contributed by atoms with van der Waals surface area (Å²) in [5.74, 6) is 1.22. The SMILES string of the molecule is COc1ccc(-c2cnc(OCC(F)(F)F)nc2)c(OC2CCC(Oc3cc(C(CC(=O)O)C4CC4)ccn3)CC2)c1. The topological polar surface area (TPSA) is 113 Å². The van der Waals surface area contributed by atoms with Crippen LogP contribution in [0.4, 0.5) is 13.2 Å². The summed E-state index contributed by atoms with van der Waals surface area (Å²) in [6.07, 6.45) is 4.97. The molecule has 2 fully saturated rings. The van der Waals surface area contributed by atoms with Crippen LogP contribution in [-0.2, 0) is 4.79 Å². The van der Waals surface area contributed by atoms with Gasteiger partial charge in [-0.3, -0.25) is 4.79 Å². The van der Waals surface area contributed by atoms with Crippen molar-refractivity contribution in [2.75, 3.05) is 13.7 Å². The van der Waals surface area contributed by atoms with E-state index in [0.29, 0.717) is 34.4 Å². The third-order valence-corrected chi connectivity index (χ3v) is 7.47. The monoisotopic (exact) mass is 587 g/mol. The van der Waals surface area contributed by atoms with Crippen LogP contribution in [-0.4, -0.2) is 58.1 Å². The van der Waals surface area contributed by atoms with Gasteiger partial charge in [0.2, 0.25) is 5.88 Å². The maximum Gasteiger partial charge on any atom is 0.422 e. The average molecular weight is 588 g/mol. The Labute approximate surface area is 241 Å². The highest BCUT2D eigenvalue weighted by atomic mass is 19.4. The Hall–Kier alpha value is -4.09. The molecule has 1 unspecified atom stereocenters. The van der Waals surface area contributed by atoms with Gasteiger partial charge in [-0.05, 0) is 74.1 Å². The van der Waals surface area contributed by atoms with Crippen LogP contribution in [0.2, 0.25) is 0 Å². The van der Waals surface area contributed by atoms with E-state index in [2.05, 4.69) is 19.7 Å². The zero-order chi connectivity index (χ0) is 29.7. The molecule has 1 atom stereocenters. The Kier molecular flexibility index (Phi) is 8.98. The van der Waals surface area contributed by atoms with Crippen LogP contribution in [0.15, 0.2) is 48.9 Å². The summed E-state index contributed by atoms with van der Waals surface area (Å²) in [7, 11) is 1.55. The van der Waals surface area contributed by atoms with Gasteiger partial charge in [0.05, 0.1) is 19.6 Å². The lowest BCUT2D eigenvalue weighted by Crippen LogP contribution is -2.30. The summed E-state index contributed by atoms with van der Waals surface area (Å²) in [5.41, 5.74) is 2.18. The van der Waals surface area contributed by atoms with Crippen LogP contribution in [0, 0.1) is 5.92 Å². The molecule has 12 heteroatoms. The number of alkyl halides is 3. The number of aromatic nitrogens is 3. The second-order valence-electron chi connectivity index (χ2n) is 10.6. The normalized spacial score (nSPS) is 19.5. The minimum Gasteiger partial charge on any atom is -0.497 e. The van der Waals surface area contributed by atoms with Crippen LogP contribution in [0.25, 0.3) is 11.1 Å². The van der Waals surface area contributed by atoms with E-state index in [1.165, 1.54) is 12.4 Å². The molecule has 1 aromatic carbocycles. The number of nitrogens with zero attached hydrogens (tertiary/aromatic N) is 3. The summed E-state index contributed by atoms with van der Waals surface area (Å²) in [6, 6.07) is 8.69. The van der Waals surface area contributed by atoms with Gasteiger partial charge in [-0.1, -0.05) is 0 Å². The lowest BCUT2D eigenvalue weighted by atomic mass is 9.91. The fourth-order valence-corrected chi connectivity index (χ4v) is 5.22. The Morgan fingerprint density at radius 1 is 0.976 bits per heavy atom. The van der Waals surface area contributed by atoms with Gasteiger partial charge in [-0.2, -0.15) is 13.2 Å². The molecular weight excluding hydrogens is 555 g/mol. The maximum absolute atomic E-state index is 12.4. The van der Waals surface area contributed by atoms with E-state index in [1.807, 2.05) is 12.1 Å². The molecule has 0 saturated heterocycles. The van der Waals surface area contributed by atoms with Crippen LogP contribution >= 0.6 is 0 Å². The number of carbonyl (C=O) groups is 1. The quantitative estimate of drug-likeness (QED) is 0.264. The largest absolute Gasteiger partial charge is 0.497 e. The van der Waals surface area contributed by atoms with E-state index in [1.54, 1.807) is 31.5 Å². The Morgan fingerprint density at radius 2 is 1.67 bits per heavy atom. The molecule has 2 saturated carbocycles. The number of benzene rings is 1. The van der Waals surface area contributed by atoms with Crippen molar-refractivity contribution in [1.82, 2.24) is 15.0 Å². The van der Waals surface area contributed by atoms with E-state index in [-0.39, 0.29) is 30.6 Å². The molecule has 2 heterocycles. The number of hydrogen-bond donors (Lipinski definition) is 1. The molecule has 5 rings (SSSR count). The minimum absolute atomic E-state index is 0.0249. The first-order chi connectivity index (χ1) is 20.2. The lowest BCUT2D eigenvalue weighted by Gasteiger charge is -2.30. The lowest BCUT2D eigenvalue weighted by molar-refractivity contribution is -0.154. The van der Waals surface area contributed by atoms with Crippen LogP contribution in [0.5, 0.6) is 23.4 Å². The third-order valence-electron chi connectivity index (χ3n) is 7.47. The predicted molar refractivity (Wildman–Crippen MR) is 145 cm³/mol. The van der Waals surface area contributed by atoms with Crippen LogP contribution in [0.3, 0.4) is 0 Å². The van der Waals surface area contributed by atoms with E-state index in [9.17, 15) is 23.1 Å². The van der Waals surface area contributed by atoms with Gasteiger partial charge in [-0.25, -0.2) is 15.0 Å². The van der Waals surface area contributed by atoms with Crippen molar-refractivity contribution < 1.29 is 42.0 Å². The number of hydrogen-bond acceptors (Lipinski definition) is 8. The van der Waals surface area contributed by atoms with E-state index in [4.69, 9.17) is 14.2 Å². The molecular formula is C30H32F3N3O6. The number of halogens is 3. The molecule has 0 spiro atoms. The summed E-state index contributed by atoms with van der Waals surface area (Å²) in [4.78, 5) is 23.6. The zero-order valence-corrected chi connectivity index (χ0v) is 23.0. The van der Waals surface area contributed by atoms with Crippen molar-refractivity contribution in [2.45, 2.75) is 69.2 Å². The number of carboxylic acid groups (broad SMARTS) is 1. The Bertz CT molecular complexity index is 1360. The van der Waals surface area contributed by atoms with Gasteiger partial charge in [0.25, 0.3) is 0 Å². The first-order valence-electron chi connectivity index (χ1n) is 13.9. The highest BCUT2D eigenvalue weighted by molar-refractivity contribution is 5.70. The number of ether oxygens (including phenoxy) is 4. The van der Waals surface area contributed by atoms with Gasteiger partial charge in [0.1, 0.15) is 17.6 Å². The number of methoxy groups -OCH3 is 1. The Balaban J connectivity index is 1.20.